The highest BCUT2D eigenvalue weighted by atomic mass is 19.2. The summed E-state index contributed by atoms with van der Waals surface area (Å²) in [6.07, 6.45) is 6.35. The van der Waals surface area contributed by atoms with Gasteiger partial charge >= 0.3 is 0 Å². The van der Waals surface area contributed by atoms with Gasteiger partial charge in [0, 0.05) is 94.6 Å². The van der Waals surface area contributed by atoms with Crippen LogP contribution in [0.15, 0.2) is 36.8 Å². The van der Waals surface area contributed by atoms with E-state index in [2.05, 4.69) is 24.8 Å². The molecule has 2 aliphatic rings. The Labute approximate surface area is 220 Å². The molecule has 2 aliphatic heterocycles. The number of anilines is 1. The number of rotatable bonds is 7. The Bertz CT molecular complexity index is 1290. The lowest BCUT2D eigenvalue weighted by atomic mass is 9.98. The van der Waals surface area contributed by atoms with Gasteiger partial charge in [-0.2, -0.15) is 4.39 Å². The number of aromatic nitrogens is 4. The van der Waals surface area contributed by atoms with Crippen molar-refractivity contribution in [3.63, 3.8) is 0 Å². The largest absolute Gasteiger partial charge is 0.490 e. The maximum atomic E-state index is 14.6. The molecule has 0 bridgehead atoms. The molecule has 0 radical (unpaired) electrons. The lowest BCUT2D eigenvalue weighted by Crippen LogP contribution is -2.48. The maximum Gasteiger partial charge on any atom is 0.219 e. The van der Waals surface area contributed by atoms with Crippen LogP contribution >= 0.6 is 0 Å². The predicted octanol–water partition coefficient (Wildman–Crippen LogP) is 3.27. The van der Waals surface area contributed by atoms with Crippen LogP contribution in [0.25, 0.3) is 11.6 Å². The Hall–Kier alpha value is -3.73. The van der Waals surface area contributed by atoms with E-state index in [1.54, 1.807) is 37.6 Å². The SMILES string of the molecule is CC(=O)N1CCN(CCCOc2cc(N3CCc4nc(-c5ncccn5)ncc4C3C)cc(F)c2F)CC1. The minimum Gasteiger partial charge on any atom is -0.490 e. The summed E-state index contributed by atoms with van der Waals surface area (Å²) in [5.41, 5.74) is 2.37. The first-order valence-corrected chi connectivity index (χ1v) is 12.9. The van der Waals surface area contributed by atoms with E-state index in [0.717, 1.165) is 30.9 Å². The summed E-state index contributed by atoms with van der Waals surface area (Å²) in [6.45, 7) is 8.22. The Morgan fingerprint density at radius 1 is 1.05 bits per heavy atom. The van der Waals surface area contributed by atoms with Crippen molar-refractivity contribution in [1.29, 1.82) is 0 Å². The average molecular weight is 524 g/mol. The lowest BCUT2D eigenvalue weighted by molar-refractivity contribution is -0.130. The van der Waals surface area contributed by atoms with Gasteiger partial charge in [-0.1, -0.05) is 0 Å². The smallest absolute Gasteiger partial charge is 0.219 e. The molecule has 0 spiro atoms. The summed E-state index contributed by atoms with van der Waals surface area (Å²) in [7, 11) is 0. The van der Waals surface area contributed by atoms with Crippen LogP contribution in [-0.4, -0.2) is 81.5 Å². The van der Waals surface area contributed by atoms with Gasteiger partial charge in [0.05, 0.1) is 18.3 Å². The van der Waals surface area contributed by atoms with Crippen molar-refractivity contribution in [2.75, 3.05) is 50.8 Å². The van der Waals surface area contributed by atoms with E-state index < -0.39 is 11.6 Å². The fourth-order valence-corrected chi connectivity index (χ4v) is 5.02. The summed E-state index contributed by atoms with van der Waals surface area (Å²) >= 11 is 0. The second-order valence-corrected chi connectivity index (χ2v) is 9.58. The topological polar surface area (TPSA) is 87.6 Å². The second kappa shape index (κ2) is 11.3. The van der Waals surface area contributed by atoms with Crippen molar-refractivity contribution in [2.45, 2.75) is 32.7 Å². The third-order valence-corrected chi connectivity index (χ3v) is 7.18. The number of nitrogens with zero attached hydrogens (tertiary/aromatic N) is 7. The number of ether oxygens (including phenoxy) is 1. The molecule has 0 saturated carbocycles. The van der Waals surface area contributed by atoms with E-state index in [0.29, 0.717) is 49.8 Å². The van der Waals surface area contributed by atoms with Crippen LogP contribution in [0.5, 0.6) is 5.75 Å². The molecule has 0 aliphatic carbocycles. The zero-order valence-electron chi connectivity index (χ0n) is 21.6. The number of carbonyl (C=O) groups excluding carboxylic acids is 1. The van der Waals surface area contributed by atoms with Gasteiger partial charge in [0.2, 0.25) is 11.7 Å². The fraction of sp³-hybridized carbons (Fsp3) is 0.444. The molecule has 1 atom stereocenters. The summed E-state index contributed by atoms with van der Waals surface area (Å²) < 4.78 is 34.9. The first-order chi connectivity index (χ1) is 18.4. The summed E-state index contributed by atoms with van der Waals surface area (Å²) in [4.78, 5) is 35.1. The number of piperazine rings is 1. The van der Waals surface area contributed by atoms with Crippen LogP contribution in [0.1, 0.15) is 37.6 Å². The van der Waals surface area contributed by atoms with E-state index in [-0.39, 0.29) is 24.3 Å². The average Bonchev–Trinajstić information content (AvgIpc) is 2.94. The maximum absolute atomic E-state index is 14.6. The van der Waals surface area contributed by atoms with E-state index in [4.69, 9.17) is 4.74 Å². The van der Waals surface area contributed by atoms with Crippen molar-refractivity contribution in [3.05, 3.63) is 59.7 Å². The van der Waals surface area contributed by atoms with Crippen LogP contribution in [0, 0.1) is 11.6 Å². The van der Waals surface area contributed by atoms with Crippen molar-refractivity contribution in [3.8, 4) is 17.4 Å². The number of halogens is 2. The minimum absolute atomic E-state index is 0.0905. The number of hydrogen-bond donors (Lipinski definition) is 0. The van der Waals surface area contributed by atoms with Crippen LogP contribution in [0.3, 0.4) is 0 Å². The third-order valence-electron chi connectivity index (χ3n) is 7.18. The van der Waals surface area contributed by atoms with Crippen LogP contribution in [0.4, 0.5) is 14.5 Å². The first kappa shape index (κ1) is 25.9. The molecule has 1 aromatic carbocycles. The van der Waals surface area contributed by atoms with Crippen molar-refractivity contribution in [2.24, 2.45) is 0 Å². The van der Waals surface area contributed by atoms with Gasteiger partial charge < -0.3 is 14.5 Å². The van der Waals surface area contributed by atoms with Crippen LogP contribution < -0.4 is 9.64 Å². The normalized spacial score (nSPS) is 17.8. The fourth-order valence-electron chi connectivity index (χ4n) is 5.02. The molecule has 200 valence electrons. The van der Waals surface area contributed by atoms with Gasteiger partial charge in [0.25, 0.3) is 0 Å². The Balaban J connectivity index is 1.23. The number of hydrogen-bond acceptors (Lipinski definition) is 8. The molecule has 3 aromatic rings. The molecule has 4 heterocycles. The molecule has 1 amide bonds. The zero-order valence-corrected chi connectivity index (χ0v) is 21.6. The molecule has 11 heteroatoms. The summed E-state index contributed by atoms with van der Waals surface area (Å²) in [6, 6.07) is 4.38. The molecule has 5 rings (SSSR count). The highest BCUT2D eigenvalue weighted by Crippen LogP contribution is 2.36. The number of benzene rings is 1. The monoisotopic (exact) mass is 523 g/mol. The molecule has 38 heavy (non-hydrogen) atoms. The quantitative estimate of drug-likeness (QED) is 0.436. The van der Waals surface area contributed by atoms with Gasteiger partial charge in [-0.05, 0) is 19.4 Å². The van der Waals surface area contributed by atoms with Gasteiger partial charge in [-0.15, -0.1) is 0 Å². The van der Waals surface area contributed by atoms with Gasteiger partial charge in [-0.25, -0.2) is 24.3 Å². The molecular weight excluding hydrogens is 492 g/mol. The Kier molecular flexibility index (Phi) is 7.73. The number of fused-ring (bicyclic) bond motifs is 1. The highest BCUT2D eigenvalue weighted by molar-refractivity contribution is 5.73. The Morgan fingerprint density at radius 2 is 1.82 bits per heavy atom. The third kappa shape index (κ3) is 5.57. The molecule has 1 saturated heterocycles. The van der Waals surface area contributed by atoms with Gasteiger partial charge in [-0.3, -0.25) is 9.69 Å². The number of carbonyl (C=O) groups is 1. The standard InChI is InChI=1S/C27H31F2N7O2/c1-18-21-17-32-27(26-30-6-3-7-31-26)33-23(21)5-9-36(18)20-15-22(28)25(29)24(16-20)38-14-4-8-34-10-12-35(13-11-34)19(2)37/h3,6-7,15-18H,4-5,8-14H2,1-2H3. The molecule has 1 unspecified atom stereocenters. The molecule has 0 N–H and O–H groups in total. The van der Waals surface area contributed by atoms with E-state index in [1.807, 2.05) is 16.7 Å². The van der Waals surface area contributed by atoms with Gasteiger partial charge in [0.15, 0.2) is 23.2 Å². The second-order valence-electron chi connectivity index (χ2n) is 9.58. The van der Waals surface area contributed by atoms with E-state index in [1.165, 1.54) is 6.07 Å². The lowest BCUT2D eigenvalue weighted by Gasteiger charge is -2.36. The minimum atomic E-state index is -0.982. The van der Waals surface area contributed by atoms with Crippen molar-refractivity contribution >= 4 is 11.6 Å². The van der Waals surface area contributed by atoms with Crippen LogP contribution in [-0.2, 0) is 11.2 Å². The molecular formula is C27H31F2N7O2. The van der Waals surface area contributed by atoms with E-state index in [9.17, 15) is 13.6 Å². The molecule has 1 fully saturated rings. The molecule has 9 nitrogen and oxygen atoms in total. The van der Waals surface area contributed by atoms with Crippen molar-refractivity contribution in [1.82, 2.24) is 29.7 Å². The predicted molar refractivity (Wildman–Crippen MR) is 138 cm³/mol. The first-order valence-electron chi connectivity index (χ1n) is 12.9. The van der Waals surface area contributed by atoms with Crippen LogP contribution in [0.2, 0.25) is 0 Å². The molecule has 2 aromatic heterocycles. The number of amides is 1. The van der Waals surface area contributed by atoms with Crippen molar-refractivity contribution < 1.29 is 18.3 Å². The summed E-state index contributed by atoms with van der Waals surface area (Å²) in [5, 5.41) is 0. The highest BCUT2D eigenvalue weighted by Gasteiger charge is 2.28. The van der Waals surface area contributed by atoms with Gasteiger partial charge in [0.1, 0.15) is 0 Å². The summed E-state index contributed by atoms with van der Waals surface area (Å²) in [5.74, 6) is -0.989. The zero-order chi connectivity index (χ0) is 26.6. The van der Waals surface area contributed by atoms with E-state index >= 15 is 0 Å². The Morgan fingerprint density at radius 3 is 2.55 bits per heavy atom.